The molecule has 20 heavy (non-hydrogen) atoms. The number of methoxy groups -OCH3 is 2. The molecule has 110 valence electrons. The number of piperidine rings is 1. The highest BCUT2D eigenvalue weighted by molar-refractivity contribution is 6.00. The van der Waals surface area contributed by atoms with Crippen molar-refractivity contribution in [3.05, 3.63) is 23.8 Å². The molecule has 1 aliphatic heterocycles. The van der Waals surface area contributed by atoms with E-state index in [0.717, 1.165) is 49.5 Å². The molecule has 1 fully saturated rings. The molecule has 0 aromatic heterocycles. The highest BCUT2D eigenvalue weighted by Gasteiger charge is 2.22. The summed E-state index contributed by atoms with van der Waals surface area (Å²) in [6.07, 6.45) is 2.20. The summed E-state index contributed by atoms with van der Waals surface area (Å²) in [4.78, 5) is 2.28. The molecule has 3 N–H and O–H groups in total. The summed E-state index contributed by atoms with van der Waals surface area (Å²) < 4.78 is 10.5. The molecule has 1 aromatic carbocycles. The number of hydrogen-bond donors (Lipinski definition) is 2. The van der Waals surface area contributed by atoms with E-state index in [4.69, 9.17) is 20.6 Å². The zero-order chi connectivity index (χ0) is 14.5. The monoisotopic (exact) mass is 277 g/mol. The number of nitrogens with two attached hydrogens (primary N) is 1. The minimum Gasteiger partial charge on any atom is -0.497 e. The van der Waals surface area contributed by atoms with Crippen LogP contribution in [0.2, 0.25) is 0 Å². The van der Waals surface area contributed by atoms with Crippen molar-refractivity contribution in [2.24, 2.45) is 11.7 Å². The fourth-order valence-corrected chi connectivity index (χ4v) is 2.70. The predicted octanol–water partition coefficient (Wildman–Crippen LogP) is 1.84. The molecule has 5 heteroatoms. The molecule has 0 atom stereocenters. The van der Waals surface area contributed by atoms with Gasteiger partial charge >= 0.3 is 0 Å². The summed E-state index contributed by atoms with van der Waals surface area (Å²) in [5.41, 5.74) is 7.45. The van der Waals surface area contributed by atoms with Gasteiger partial charge in [0, 0.05) is 38.4 Å². The minimum atomic E-state index is 0.0988. The molecule has 0 unspecified atom stereocenters. The van der Waals surface area contributed by atoms with Crippen molar-refractivity contribution in [2.75, 3.05) is 38.8 Å². The lowest BCUT2D eigenvalue weighted by Gasteiger charge is -2.34. The third kappa shape index (κ3) is 3.22. The molecule has 2 rings (SSSR count). The smallest absolute Gasteiger partial charge is 0.124 e. The van der Waals surface area contributed by atoms with Crippen molar-refractivity contribution in [2.45, 2.75) is 12.8 Å². The van der Waals surface area contributed by atoms with Gasteiger partial charge in [-0.3, -0.25) is 5.41 Å². The van der Waals surface area contributed by atoms with Crippen LogP contribution in [0.3, 0.4) is 0 Å². The van der Waals surface area contributed by atoms with Gasteiger partial charge in [0.15, 0.2) is 0 Å². The van der Waals surface area contributed by atoms with Gasteiger partial charge in [-0.25, -0.2) is 0 Å². The van der Waals surface area contributed by atoms with Gasteiger partial charge in [-0.15, -0.1) is 0 Å². The van der Waals surface area contributed by atoms with Crippen LogP contribution in [-0.2, 0) is 4.74 Å². The van der Waals surface area contributed by atoms with Crippen LogP contribution in [0.25, 0.3) is 0 Å². The van der Waals surface area contributed by atoms with Crippen molar-refractivity contribution in [1.29, 1.82) is 5.41 Å². The van der Waals surface area contributed by atoms with Crippen LogP contribution in [0.4, 0.5) is 5.69 Å². The van der Waals surface area contributed by atoms with Crippen molar-refractivity contribution in [3.8, 4) is 5.75 Å². The molecule has 0 spiro atoms. The van der Waals surface area contributed by atoms with Crippen LogP contribution in [0.15, 0.2) is 18.2 Å². The van der Waals surface area contributed by atoms with Crippen LogP contribution < -0.4 is 15.4 Å². The first-order chi connectivity index (χ1) is 9.65. The van der Waals surface area contributed by atoms with Gasteiger partial charge < -0.3 is 20.1 Å². The molecule has 5 nitrogen and oxygen atoms in total. The standard InChI is InChI=1S/C15H23N3O2/c1-19-10-11-5-7-18(8-6-11)14-9-12(20-2)3-4-13(14)15(16)17/h3-4,9,11H,5-8,10H2,1-2H3,(H3,16,17). The molecular formula is C15H23N3O2. The third-order valence-corrected chi connectivity index (χ3v) is 3.85. The summed E-state index contributed by atoms with van der Waals surface area (Å²) in [7, 11) is 3.40. The molecule has 1 heterocycles. The maximum atomic E-state index is 7.72. The second-order valence-corrected chi connectivity index (χ2v) is 5.18. The summed E-state index contributed by atoms with van der Waals surface area (Å²) in [5, 5.41) is 7.72. The minimum absolute atomic E-state index is 0.0988. The first-order valence-electron chi connectivity index (χ1n) is 6.92. The number of nitrogen functional groups attached to an aromatic ring is 1. The predicted molar refractivity (Wildman–Crippen MR) is 80.8 cm³/mol. The highest BCUT2D eigenvalue weighted by Crippen LogP contribution is 2.29. The van der Waals surface area contributed by atoms with Crippen LogP contribution in [0.5, 0.6) is 5.75 Å². The van der Waals surface area contributed by atoms with Crippen molar-refractivity contribution >= 4 is 11.5 Å². The zero-order valence-corrected chi connectivity index (χ0v) is 12.2. The molecular weight excluding hydrogens is 254 g/mol. The van der Waals surface area contributed by atoms with Gasteiger partial charge in [0.05, 0.1) is 12.8 Å². The van der Waals surface area contributed by atoms with Crippen LogP contribution in [0, 0.1) is 11.3 Å². The Morgan fingerprint density at radius 1 is 1.35 bits per heavy atom. The number of nitrogens with one attached hydrogen (secondary N) is 1. The highest BCUT2D eigenvalue weighted by atomic mass is 16.5. The van der Waals surface area contributed by atoms with Gasteiger partial charge in [0.1, 0.15) is 11.6 Å². The molecule has 1 aliphatic rings. The molecule has 0 aliphatic carbocycles. The van der Waals surface area contributed by atoms with E-state index < -0.39 is 0 Å². The first kappa shape index (κ1) is 14.7. The maximum Gasteiger partial charge on any atom is 0.124 e. The summed E-state index contributed by atoms with van der Waals surface area (Å²) in [6, 6.07) is 5.67. The lowest BCUT2D eigenvalue weighted by Crippen LogP contribution is -2.36. The molecule has 0 saturated carbocycles. The second kappa shape index (κ2) is 6.61. The molecule has 1 saturated heterocycles. The molecule has 0 radical (unpaired) electrons. The normalized spacial score (nSPS) is 16.2. The number of amidine groups is 1. The molecule has 0 amide bonds. The summed E-state index contributed by atoms with van der Waals surface area (Å²) >= 11 is 0. The Hall–Kier alpha value is -1.75. The topological polar surface area (TPSA) is 71.6 Å². The quantitative estimate of drug-likeness (QED) is 0.636. The second-order valence-electron chi connectivity index (χ2n) is 5.18. The van der Waals surface area contributed by atoms with Crippen molar-refractivity contribution in [1.82, 2.24) is 0 Å². The lowest BCUT2D eigenvalue weighted by atomic mass is 9.96. The molecule has 1 aromatic rings. The first-order valence-corrected chi connectivity index (χ1v) is 6.92. The van der Waals surface area contributed by atoms with Crippen LogP contribution in [-0.4, -0.2) is 39.8 Å². The van der Waals surface area contributed by atoms with Gasteiger partial charge in [0.25, 0.3) is 0 Å². The van der Waals surface area contributed by atoms with Gasteiger partial charge in [-0.1, -0.05) is 0 Å². The molecule has 0 bridgehead atoms. The fraction of sp³-hybridized carbons (Fsp3) is 0.533. The maximum absolute atomic E-state index is 7.72. The number of benzene rings is 1. The fourth-order valence-electron chi connectivity index (χ4n) is 2.70. The average Bonchev–Trinajstić information content (AvgIpc) is 2.47. The van der Waals surface area contributed by atoms with E-state index in [-0.39, 0.29) is 5.84 Å². The van der Waals surface area contributed by atoms with E-state index in [1.165, 1.54) is 0 Å². The summed E-state index contributed by atoms with van der Waals surface area (Å²) in [6.45, 7) is 2.74. The van der Waals surface area contributed by atoms with E-state index in [1.807, 2.05) is 18.2 Å². The third-order valence-electron chi connectivity index (χ3n) is 3.85. The Morgan fingerprint density at radius 3 is 2.60 bits per heavy atom. The van der Waals surface area contributed by atoms with E-state index in [0.29, 0.717) is 5.92 Å². The Kier molecular flexibility index (Phi) is 4.84. The zero-order valence-electron chi connectivity index (χ0n) is 12.2. The Bertz CT molecular complexity index is 468. The van der Waals surface area contributed by atoms with Gasteiger partial charge in [-0.05, 0) is 30.9 Å². The van der Waals surface area contributed by atoms with Crippen LogP contribution >= 0.6 is 0 Å². The van der Waals surface area contributed by atoms with Crippen molar-refractivity contribution < 1.29 is 9.47 Å². The van der Waals surface area contributed by atoms with Crippen LogP contribution in [0.1, 0.15) is 18.4 Å². The van der Waals surface area contributed by atoms with Gasteiger partial charge in [0.2, 0.25) is 0 Å². The SMILES string of the molecule is COCC1CCN(c2cc(OC)ccc2C(=N)N)CC1. The average molecular weight is 277 g/mol. The van der Waals surface area contributed by atoms with E-state index >= 15 is 0 Å². The number of rotatable bonds is 5. The Morgan fingerprint density at radius 2 is 2.05 bits per heavy atom. The van der Waals surface area contributed by atoms with Crippen molar-refractivity contribution in [3.63, 3.8) is 0 Å². The number of hydrogen-bond acceptors (Lipinski definition) is 4. The lowest BCUT2D eigenvalue weighted by molar-refractivity contribution is 0.139. The Labute approximate surface area is 120 Å². The van der Waals surface area contributed by atoms with Gasteiger partial charge in [-0.2, -0.15) is 0 Å². The van der Waals surface area contributed by atoms with E-state index in [2.05, 4.69) is 4.90 Å². The number of anilines is 1. The van der Waals surface area contributed by atoms with E-state index in [1.54, 1.807) is 14.2 Å². The van der Waals surface area contributed by atoms with E-state index in [9.17, 15) is 0 Å². The largest absolute Gasteiger partial charge is 0.497 e. The Balaban J connectivity index is 2.17. The number of ether oxygens (including phenoxy) is 2. The summed E-state index contributed by atoms with van der Waals surface area (Å²) in [5.74, 6) is 1.52. The number of nitrogens with zero attached hydrogens (tertiary/aromatic N) is 1.